The summed E-state index contributed by atoms with van der Waals surface area (Å²) in [6.07, 6.45) is 2.01. The van der Waals surface area contributed by atoms with Crippen LogP contribution in [0.1, 0.15) is 39.3 Å². The quantitative estimate of drug-likeness (QED) is 0.684. The summed E-state index contributed by atoms with van der Waals surface area (Å²) < 4.78 is 1.75. The summed E-state index contributed by atoms with van der Waals surface area (Å²) in [5, 5.41) is 5.32. The lowest BCUT2D eigenvalue weighted by Crippen LogP contribution is -2.35. The Morgan fingerprint density at radius 3 is 2.76 bits per heavy atom. The zero-order valence-corrected chi connectivity index (χ0v) is 15.1. The van der Waals surface area contributed by atoms with Crippen LogP contribution in [0.5, 0.6) is 0 Å². The lowest BCUT2D eigenvalue weighted by Gasteiger charge is -2.30. The van der Waals surface area contributed by atoms with Gasteiger partial charge in [0.2, 0.25) is 0 Å². The third kappa shape index (κ3) is 2.51. The van der Waals surface area contributed by atoms with Crippen LogP contribution in [0.2, 0.25) is 0 Å². The summed E-state index contributed by atoms with van der Waals surface area (Å²) in [6, 6.07) is 8.23. The number of benzene rings is 1. The van der Waals surface area contributed by atoms with E-state index in [4.69, 9.17) is 0 Å². The average Bonchev–Trinajstić information content (AvgIpc) is 2.86. The van der Waals surface area contributed by atoms with Gasteiger partial charge in [0.15, 0.2) is 5.65 Å². The van der Waals surface area contributed by atoms with Gasteiger partial charge in [0.25, 0.3) is 5.91 Å². The highest BCUT2D eigenvalue weighted by atomic mass is 16.2. The molecule has 0 spiro atoms. The van der Waals surface area contributed by atoms with Gasteiger partial charge in [-0.3, -0.25) is 9.48 Å². The van der Waals surface area contributed by atoms with Crippen molar-refractivity contribution in [2.45, 2.75) is 33.6 Å². The van der Waals surface area contributed by atoms with Crippen molar-refractivity contribution in [2.75, 3.05) is 11.4 Å². The van der Waals surface area contributed by atoms with E-state index >= 15 is 0 Å². The largest absolute Gasteiger partial charge is 0.308 e. The number of anilines is 1. The van der Waals surface area contributed by atoms with E-state index in [0.717, 1.165) is 47.5 Å². The van der Waals surface area contributed by atoms with Gasteiger partial charge in [0.05, 0.1) is 16.6 Å². The highest BCUT2D eigenvalue weighted by molar-refractivity contribution is 6.14. The fourth-order valence-electron chi connectivity index (χ4n) is 3.82. The molecule has 5 nitrogen and oxygen atoms in total. The number of carbonyl (C=O) groups excluding carboxylic acids is 1. The van der Waals surface area contributed by atoms with Gasteiger partial charge >= 0.3 is 0 Å². The first-order valence-corrected chi connectivity index (χ1v) is 8.68. The van der Waals surface area contributed by atoms with Gasteiger partial charge in [0.1, 0.15) is 0 Å². The molecule has 3 aromatic rings. The van der Waals surface area contributed by atoms with Crippen LogP contribution in [-0.2, 0) is 13.5 Å². The van der Waals surface area contributed by atoms with Gasteiger partial charge in [-0.25, -0.2) is 4.98 Å². The van der Waals surface area contributed by atoms with E-state index in [2.05, 4.69) is 35.2 Å². The standard InChI is InChI=1S/C20H22N4O/c1-12-7-8-17-15(10-12)6-5-9-24(17)20(25)16-11-13(2)21-19-18(16)14(3)22-23(19)4/h7-8,10-11H,5-6,9H2,1-4H3. The van der Waals surface area contributed by atoms with Gasteiger partial charge < -0.3 is 4.90 Å². The Kier molecular flexibility index (Phi) is 3.60. The Morgan fingerprint density at radius 1 is 1.16 bits per heavy atom. The number of fused-ring (bicyclic) bond motifs is 2. The van der Waals surface area contributed by atoms with Crippen molar-refractivity contribution in [1.29, 1.82) is 0 Å². The third-order valence-electron chi connectivity index (χ3n) is 4.93. The molecule has 25 heavy (non-hydrogen) atoms. The molecule has 3 heterocycles. The molecule has 2 aromatic heterocycles. The second-order valence-corrected chi connectivity index (χ2v) is 6.91. The molecular weight excluding hydrogens is 312 g/mol. The molecule has 5 heteroatoms. The van der Waals surface area contributed by atoms with Crippen molar-refractivity contribution < 1.29 is 4.79 Å². The number of nitrogens with zero attached hydrogens (tertiary/aromatic N) is 4. The van der Waals surface area contributed by atoms with Crippen molar-refractivity contribution >= 4 is 22.6 Å². The number of carbonyl (C=O) groups is 1. The Hall–Kier alpha value is -2.69. The molecule has 0 saturated carbocycles. The summed E-state index contributed by atoms with van der Waals surface area (Å²) in [6.45, 7) is 6.70. The normalized spacial score (nSPS) is 14.0. The van der Waals surface area contributed by atoms with Crippen LogP contribution in [0, 0.1) is 20.8 Å². The Bertz CT molecular complexity index is 1000. The van der Waals surface area contributed by atoms with Gasteiger partial charge in [-0.05, 0) is 51.3 Å². The van der Waals surface area contributed by atoms with E-state index in [9.17, 15) is 4.79 Å². The third-order valence-corrected chi connectivity index (χ3v) is 4.93. The second kappa shape index (κ2) is 5.69. The Morgan fingerprint density at radius 2 is 1.96 bits per heavy atom. The molecule has 0 N–H and O–H groups in total. The van der Waals surface area contributed by atoms with Crippen molar-refractivity contribution in [1.82, 2.24) is 14.8 Å². The van der Waals surface area contributed by atoms with E-state index in [1.165, 1.54) is 11.1 Å². The van der Waals surface area contributed by atoms with Gasteiger partial charge in [-0.1, -0.05) is 17.7 Å². The molecule has 1 amide bonds. The first-order chi connectivity index (χ1) is 12.0. The summed E-state index contributed by atoms with van der Waals surface area (Å²) >= 11 is 0. The van der Waals surface area contributed by atoms with Crippen molar-refractivity contribution in [3.63, 3.8) is 0 Å². The maximum absolute atomic E-state index is 13.4. The van der Waals surface area contributed by atoms with Crippen molar-refractivity contribution in [2.24, 2.45) is 7.05 Å². The van der Waals surface area contributed by atoms with Crippen molar-refractivity contribution in [3.05, 3.63) is 52.3 Å². The van der Waals surface area contributed by atoms with Crippen LogP contribution in [0.15, 0.2) is 24.3 Å². The fourth-order valence-corrected chi connectivity index (χ4v) is 3.82. The lowest BCUT2D eigenvalue weighted by atomic mass is 9.98. The minimum absolute atomic E-state index is 0.0383. The molecule has 0 unspecified atom stereocenters. The number of hydrogen-bond acceptors (Lipinski definition) is 3. The number of hydrogen-bond donors (Lipinski definition) is 0. The van der Waals surface area contributed by atoms with Crippen LogP contribution in [-0.4, -0.2) is 27.2 Å². The molecule has 0 atom stereocenters. The molecule has 1 aromatic carbocycles. The molecule has 0 radical (unpaired) electrons. The zero-order valence-electron chi connectivity index (χ0n) is 15.1. The number of amides is 1. The van der Waals surface area contributed by atoms with Gasteiger partial charge in [-0.2, -0.15) is 5.10 Å². The van der Waals surface area contributed by atoms with E-state index in [0.29, 0.717) is 5.56 Å². The van der Waals surface area contributed by atoms with Gasteiger partial charge in [-0.15, -0.1) is 0 Å². The Balaban J connectivity index is 1.87. The molecule has 0 aliphatic carbocycles. The summed E-state index contributed by atoms with van der Waals surface area (Å²) in [5.74, 6) is 0.0383. The SMILES string of the molecule is Cc1ccc2c(c1)CCCN2C(=O)c1cc(C)nc2c1c(C)nn2C. The molecule has 0 fully saturated rings. The van der Waals surface area contributed by atoms with E-state index in [1.54, 1.807) is 4.68 Å². The minimum Gasteiger partial charge on any atom is -0.308 e. The maximum atomic E-state index is 13.4. The molecular formula is C20H22N4O. The lowest BCUT2D eigenvalue weighted by molar-refractivity contribution is 0.0986. The molecule has 1 aliphatic heterocycles. The molecule has 128 valence electrons. The molecule has 0 saturated heterocycles. The Labute approximate surface area is 147 Å². The van der Waals surface area contributed by atoms with E-state index in [-0.39, 0.29) is 5.91 Å². The molecule has 4 rings (SSSR count). The number of rotatable bonds is 1. The maximum Gasteiger partial charge on any atom is 0.259 e. The van der Waals surface area contributed by atoms with E-state index < -0.39 is 0 Å². The fraction of sp³-hybridized carbons (Fsp3) is 0.350. The number of aryl methyl sites for hydroxylation is 5. The molecule has 1 aliphatic rings. The zero-order chi connectivity index (χ0) is 17.7. The number of pyridine rings is 1. The minimum atomic E-state index is 0.0383. The smallest absolute Gasteiger partial charge is 0.259 e. The van der Waals surface area contributed by atoms with Crippen LogP contribution >= 0.6 is 0 Å². The average molecular weight is 334 g/mol. The molecule has 0 bridgehead atoms. The monoisotopic (exact) mass is 334 g/mol. The van der Waals surface area contributed by atoms with Crippen molar-refractivity contribution in [3.8, 4) is 0 Å². The summed E-state index contributed by atoms with van der Waals surface area (Å²) in [7, 11) is 1.87. The second-order valence-electron chi connectivity index (χ2n) is 6.91. The predicted molar refractivity (Wildman–Crippen MR) is 99.2 cm³/mol. The first kappa shape index (κ1) is 15.8. The summed E-state index contributed by atoms with van der Waals surface area (Å²) in [4.78, 5) is 19.9. The van der Waals surface area contributed by atoms with Crippen LogP contribution in [0.4, 0.5) is 5.69 Å². The topological polar surface area (TPSA) is 51.0 Å². The first-order valence-electron chi connectivity index (χ1n) is 8.68. The van der Waals surface area contributed by atoms with Crippen LogP contribution < -0.4 is 4.90 Å². The van der Waals surface area contributed by atoms with Crippen LogP contribution in [0.25, 0.3) is 11.0 Å². The van der Waals surface area contributed by atoms with E-state index in [1.807, 2.05) is 31.9 Å². The summed E-state index contributed by atoms with van der Waals surface area (Å²) in [5.41, 5.74) is 6.66. The number of aromatic nitrogens is 3. The van der Waals surface area contributed by atoms with Crippen LogP contribution in [0.3, 0.4) is 0 Å². The predicted octanol–water partition coefficient (Wildman–Crippen LogP) is 3.49. The van der Waals surface area contributed by atoms with Gasteiger partial charge in [0, 0.05) is 25.0 Å². The highest BCUT2D eigenvalue weighted by Crippen LogP contribution is 2.31. The highest BCUT2D eigenvalue weighted by Gasteiger charge is 2.26.